The highest BCUT2D eigenvalue weighted by Crippen LogP contribution is 2.27. The fourth-order valence-electron chi connectivity index (χ4n) is 3.53. The summed E-state index contributed by atoms with van der Waals surface area (Å²) in [7, 11) is 1.87. The number of carbonyl (C=O) groups is 1. The van der Waals surface area contributed by atoms with Crippen LogP contribution in [0.3, 0.4) is 0 Å². The smallest absolute Gasteiger partial charge is 0.240 e. The van der Waals surface area contributed by atoms with Crippen molar-refractivity contribution in [3.63, 3.8) is 0 Å². The SMILES string of the molecule is CCc1nn(C)c(Cl)c1CN1CCC[C@H]1C(=O)N1CCOCC1. The first kappa shape index (κ1) is 16.7. The van der Waals surface area contributed by atoms with E-state index in [1.54, 1.807) is 4.68 Å². The molecule has 7 heteroatoms. The third-order valence-electron chi connectivity index (χ3n) is 4.82. The highest BCUT2D eigenvalue weighted by Gasteiger charge is 2.35. The van der Waals surface area contributed by atoms with E-state index in [-0.39, 0.29) is 11.9 Å². The number of aromatic nitrogens is 2. The van der Waals surface area contributed by atoms with Gasteiger partial charge in [0, 0.05) is 32.2 Å². The van der Waals surface area contributed by atoms with Gasteiger partial charge in [0.2, 0.25) is 5.91 Å². The van der Waals surface area contributed by atoms with Crippen LogP contribution in [0.5, 0.6) is 0 Å². The van der Waals surface area contributed by atoms with Crippen molar-refractivity contribution < 1.29 is 9.53 Å². The van der Waals surface area contributed by atoms with E-state index in [4.69, 9.17) is 16.3 Å². The van der Waals surface area contributed by atoms with Gasteiger partial charge in [-0.05, 0) is 25.8 Å². The summed E-state index contributed by atoms with van der Waals surface area (Å²) in [4.78, 5) is 17.0. The molecule has 0 aliphatic carbocycles. The zero-order valence-corrected chi connectivity index (χ0v) is 14.7. The topological polar surface area (TPSA) is 50.6 Å². The van der Waals surface area contributed by atoms with Crippen molar-refractivity contribution in [3.05, 3.63) is 16.4 Å². The van der Waals surface area contributed by atoms with Crippen molar-refractivity contribution in [3.8, 4) is 0 Å². The molecule has 0 radical (unpaired) electrons. The van der Waals surface area contributed by atoms with Gasteiger partial charge in [0.1, 0.15) is 5.15 Å². The standard InChI is InChI=1S/C16H25ClN4O2/c1-3-13-12(15(17)19(2)18-13)11-21-6-4-5-14(21)16(22)20-7-9-23-10-8-20/h14H,3-11H2,1-2H3/t14-/m0/s1. The molecule has 3 heterocycles. The summed E-state index contributed by atoms with van der Waals surface area (Å²) in [5.74, 6) is 0.240. The van der Waals surface area contributed by atoms with Gasteiger partial charge in [-0.1, -0.05) is 18.5 Å². The van der Waals surface area contributed by atoms with E-state index < -0.39 is 0 Å². The number of nitrogens with zero attached hydrogens (tertiary/aromatic N) is 4. The lowest BCUT2D eigenvalue weighted by molar-refractivity contribution is -0.140. The van der Waals surface area contributed by atoms with E-state index in [9.17, 15) is 4.79 Å². The van der Waals surface area contributed by atoms with Gasteiger partial charge in [-0.15, -0.1) is 0 Å². The number of hydrogen-bond acceptors (Lipinski definition) is 4. The minimum Gasteiger partial charge on any atom is -0.378 e. The van der Waals surface area contributed by atoms with Crippen LogP contribution in [0.15, 0.2) is 0 Å². The van der Waals surface area contributed by atoms with Crippen LogP contribution in [0.25, 0.3) is 0 Å². The Balaban J connectivity index is 1.73. The Hall–Kier alpha value is -1.11. The Morgan fingerprint density at radius 3 is 2.78 bits per heavy atom. The molecule has 23 heavy (non-hydrogen) atoms. The van der Waals surface area contributed by atoms with Crippen LogP contribution >= 0.6 is 11.6 Å². The molecule has 1 atom stereocenters. The van der Waals surface area contributed by atoms with E-state index in [0.29, 0.717) is 38.0 Å². The van der Waals surface area contributed by atoms with Gasteiger partial charge in [-0.3, -0.25) is 14.4 Å². The van der Waals surface area contributed by atoms with Gasteiger partial charge < -0.3 is 9.64 Å². The maximum Gasteiger partial charge on any atom is 0.240 e. The normalized spacial score (nSPS) is 22.7. The Morgan fingerprint density at radius 1 is 1.35 bits per heavy atom. The Bertz CT molecular complexity index is 569. The molecule has 0 bridgehead atoms. The monoisotopic (exact) mass is 340 g/mol. The molecule has 2 aliphatic rings. The predicted octanol–water partition coefficient (Wildman–Crippen LogP) is 1.46. The quantitative estimate of drug-likeness (QED) is 0.832. The first-order valence-electron chi connectivity index (χ1n) is 8.42. The summed E-state index contributed by atoms with van der Waals surface area (Å²) in [6, 6.07) is -0.0333. The third-order valence-corrected chi connectivity index (χ3v) is 5.29. The highest BCUT2D eigenvalue weighted by atomic mass is 35.5. The second-order valence-corrected chi connectivity index (χ2v) is 6.62. The lowest BCUT2D eigenvalue weighted by Crippen LogP contribution is -2.49. The minimum atomic E-state index is -0.0333. The summed E-state index contributed by atoms with van der Waals surface area (Å²) in [5.41, 5.74) is 2.10. The van der Waals surface area contributed by atoms with Crippen molar-refractivity contribution >= 4 is 17.5 Å². The highest BCUT2D eigenvalue weighted by molar-refractivity contribution is 6.30. The fraction of sp³-hybridized carbons (Fsp3) is 0.750. The Labute approximate surface area is 142 Å². The van der Waals surface area contributed by atoms with E-state index >= 15 is 0 Å². The van der Waals surface area contributed by atoms with Gasteiger partial charge >= 0.3 is 0 Å². The number of amides is 1. The van der Waals surface area contributed by atoms with Crippen molar-refractivity contribution in [1.29, 1.82) is 0 Å². The van der Waals surface area contributed by atoms with Crippen molar-refractivity contribution in [2.75, 3.05) is 32.8 Å². The summed E-state index contributed by atoms with van der Waals surface area (Å²) in [6.07, 6.45) is 2.83. The molecule has 3 rings (SSSR count). The average molecular weight is 341 g/mol. The molecule has 0 N–H and O–H groups in total. The molecule has 128 valence electrons. The predicted molar refractivity (Wildman–Crippen MR) is 88.4 cm³/mol. The molecule has 1 amide bonds. The van der Waals surface area contributed by atoms with Gasteiger partial charge in [0.25, 0.3) is 0 Å². The largest absolute Gasteiger partial charge is 0.378 e. The molecule has 1 aromatic rings. The van der Waals surface area contributed by atoms with Crippen molar-refractivity contribution in [1.82, 2.24) is 19.6 Å². The lowest BCUT2D eigenvalue weighted by atomic mass is 10.1. The number of likely N-dealkylation sites (tertiary alicyclic amines) is 1. The number of carbonyl (C=O) groups excluding carboxylic acids is 1. The van der Waals surface area contributed by atoms with Crippen molar-refractivity contribution in [2.24, 2.45) is 7.05 Å². The molecule has 1 aromatic heterocycles. The van der Waals surface area contributed by atoms with E-state index in [1.807, 2.05) is 11.9 Å². The Kier molecular flexibility index (Phi) is 5.24. The van der Waals surface area contributed by atoms with Crippen LogP contribution in [0.2, 0.25) is 5.15 Å². The zero-order valence-electron chi connectivity index (χ0n) is 13.9. The van der Waals surface area contributed by atoms with Crippen LogP contribution < -0.4 is 0 Å². The lowest BCUT2D eigenvalue weighted by Gasteiger charge is -2.32. The van der Waals surface area contributed by atoms with Crippen LogP contribution in [0.4, 0.5) is 0 Å². The average Bonchev–Trinajstić information content (AvgIpc) is 3.15. The van der Waals surface area contributed by atoms with Crippen LogP contribution in [-0.2, 0) is 29.5 Å². The molecule has 6 nitrogen and oxygen atoms in total. The first-order valence-corrected chi connectivity index (χ1v) is 8.80. The molecule has 2 aliphatic heterocycles. The maximum atomic E-state index is 12.8. The molecular formula is C16H25ClN4O2. The number of halogens is 1. The molecule has 0 unspecified atom stereocenters. The number of hydrogen-bond donors (Lipinski definition) is 0. The van der Waals surface area contributed by atoms with E-state index in [1.165, 1.54) is 0 Å². The fourth-order valence-corrected chi connectivity index (χ4v) is 3.74. The summed E-state index contributed by atoms with van der Waals surface area (Å²) >= 11 is 6.41. The molecule has 2 saturated heterocycles. The van der Waals surface area contributed by atoms with Crippen LogP contribution in [0, 0.1) is 0 Å². The Morgan fingerprint density at radius 2 is 2.09 bits per heavy atom. The molecular weight excluding hydrogens is 316 g/mol. The van der Waals surface area contributed by atoms with Crippen LogP contribution in [-0.4, -0.2) is 64.4 Å². The minimum absolute atomic E-state index is 0.0333. The van der Waals surface area contributed by atoms with Crippen molar-refractivity contribution in [2.45, 2.75) is 38.8 Å². The molecule has 0 saturated carbocycles. The summed E-state index contributed by atoms with van der Waals surface area (Å²) < 4.78 is 7.07. The summed E-state index contributed by atoms with van der Waals surface area (Å²) in [5, 5.41) is 5.16. The van der Waals surface area contributed by atoms with E-state index in [0.717, 1.165) is 37.1 Å². The number of ether oxygens (including phenoxy) is 1. The second-order valence-electron chi connectivity index (χ2n) is 6.26. The second kappa shape index (κ2) is 7.20. The van der Waals surface area contributed by atoms with Crippen LogP contribution in [0.1, 0.15) is 31.0 Å². The van der Waals surface area contributed by atoms with Gasteiger partial charge in [-0.2, -0.15) is 5.10 Å². The first-order chi connectivity index (χ1) is 11.1. The number of rotatable bonds is 4. The maximum absolute atomic E-state index is 12.8. The molecule has 0 aromatic carbocycles. The third kappa shape index (κ3) is 3.39. The summed E-state index contributed by atoms with van der Waals surface area (Å²) in [6.45, 7) is 6.43. The van der Waals surface area contributed by atoms with Gasteiger partial charge in [-0.25, -0.2) is 0 Å². The molecule has 0 spiro atoms. The van der Waals surface area contributed by atoms with E-state index in [2.05, 4.69) is 16.9 Å². The zero-order chi connectivity index (χ0) is 16.4. The van der Waals surface area contributed by atoms with Gasteiger partial charge in [0.05, 0.1) is 24.9 Å². The number of aryl methyl sites for hydroxylation is 2. The molecule has 2 fully saturated rings. The van der Waals surface area contributed by atoms with Gasteiger partial charge in [0.15, 0.2) is 0 Å². The number of morpholine rings is 1.